The molecule has 1 unspecified atom stereocenters. The number of nitrogens with one attached hydrogen (secondary N) is 2. The van der Waals surface area contributed by atoms with Gasteiger partial charge >= 0.3 is 16.3 Å². The SMILES string of the molecule is CCCCC(C(=O)OS(=O)(=O)NC)S(=O)(=O)NC. The van der Waals surface area contributed by atoms with Crippen molar-refractivity contribution >= 4 is 26.3 Å². The molecule has 10 heteroatoms. The van der Waals surface area contributed by atoms with Gasteiger partial charge in [-0.25, -0.2) is 17.9 Å². The molecule has 0 rings (SSSR count). The zero-order valence-electron chi connectivity index (χ0n) is 10.5. The number of sulfonamides is 1. The number of carbonyl (C=O) groups is 1. The fraction of sp³-hybridized carbons (Fsp3) is 0.875. The van der Waals surface area contributed by atoms with Gasteiger partial charge in [-0.05, 0) is 13.5 Å². The Bertz CT molecular complexity index is 470. The first-order valence-electron chi connectivity index (χ1n) is 5.29. The fourth-order valence-electron chi connectivity index (χ4n) is 1.13. The maximum absolute atomic E-state index is 11.6. The molecule has 1 atom stereocenters. The molecule has 0 aromatic rings. The molecule has 0 heterocycles. The van der Waals surface area contributed by atoms with Crippen molar-refractivity contribution in [2.75, 3.05) is 14.1 Å². The van der Waals surface area contributed by atoms with Gasteiger partial charge in [-0.15, -0.1) is 0 Å². The Morgan fingerprint density at radius 3 is 2.11 bits per heavy atom. The molecule has 8 nitrogen and oxygen atoms in total. The predicted octanol–water partition coefficient (Wildman–Crippen LogP) is -0.898. The van der Waals surface area contributed by atoms with Crippen LogP contribution in [0.25, 0.3) is 0 Å². The highest BCUT2D eigenvalue weighted by Crippen LogP contribution is 2.12. The standard InChI is InChI=1S/C8H18N2O6S2/c1-4-5-6-7(17(12,13)9-2)8(11)16-18(14,15)10-3/h7,9-10H,4-6H2,1-3H3. The highest BCUT2D eigenvalue weighted by molar-refractivity contribution is 7.91. The third-order valence-corrected chi connectivity index (χ3v) is 4.81. The van der Waals surface area contributed by atoms with Crippen LogP contribution in [0.3, 0.4) is 0 Å². The minimum Gasteiger partial charge on any atom is -0.333 e. The Hall–Kier alpha value is -0.710. The Balaban J connectivity index is 5.05. The maximum Gasteiger partial charge on any atom is 0.384 e. The summed E-state index contributed by atoms with van der Waals surface area (Å²) in [7, 11) is -5.98. The van der Waals surface area contributed by atoms with Gasteiger partial charge in [0.1, 0.15) is 0 Å². The molecule has 0 saturated carbocycles. The van der Waals surface area contributed by atoms with E-state index in [1.54, 1.807) is 4.72 Å². The van der Waals surface area contributed by atoms with Crippen LogP contribution in [0, 0.1) is 0 Å². The summed E-state index contributed by atoms with van der Waals surface area (Å²) in [5.41, 5.74) is 0. The summed E-state index contributed by atoms with van der Waals surface area (Å²) in [6.07, 6.45) is 1.12. The quantitative estimate of drug-likeness (QED) is 0.600. The second-order valence-electron chi connectivity index (χ2n) is 3.44. The van der Waals surface area contributed by atoms with Crippen molar-refractivity contribution in [3.05, 3.63) is 0 Å². The summed E-state index contributed by atoms with van der Waals surface area (Å²) in [6.45, 7) is 1.82. The average Bonchev–Trinajstić information content (AvgIpc) is 2.28. The van der Waals surface area contributed by atoms with Crippen molar-refractivity contribution in [1.29, 1.82) is 0 Å². The van der Waals surface area contributed by atoms with Gasteiger partial charge in [0.25, 0.3) is 0 Å². The molecule has 0 saturated heterocycles. The molecule has 0 aromatic carbocycles. The normalized spacial score (nSPS) is 14.2. The molecule has 18 heavy (non-hydrogen) atoms. The smallest absolute Gasteiger partial charge is 0.333 e. The molecule has 0 radical (unpaired) electrons. The molecule has 108 valence electrons. The predicted molar refractivity (Wildman–Crippen MR) is 65.4 cm³/mol. The lowest BCUT2D eigenvalue weighted by Crippen LogP contribution is -2.41. The molecule has 0 aliphatic heterocycles. The van der Waals surface area contributed by atoms with E-state index in [1.807, 2.05) is 11.6 Å². The minimum atomic E-state index is -4.25. The first-order chi connectivity index (χ1) is 8.20. The molecule has 0 aromatic heterocycles. The number of rotatable bonds is 8. The molecule has 0 bridgehead atoms. The summed E-state index contributed by atoms with van der Waals surface area (Å²) in [5, 5.41) is -1.54. The van der Waals surface area contributed by atoms with Crippen LogP contribution in [-0.2, 0) is 29.3 Å². The van der Waals surface area contributed by atoms with E-state index in [9.17, 15) is 21.6 Å². The third-order valence-electron chi connectivity index (χ3n) is 2.18. The topological polar surface area (TPSA) is 119 Å². The van der Waals surface area contributed by atoms with Gasteiger partial charge in [-0.2, -0.15) is 13.1 Å². The van der Waals surface area contributed by atoms with Crippen molar-refractivity contribution < 1.29 is 25.8 Å². The highest BCUT2D eigenvalue weighted by atomic mass is 32.2. The van der Waals surface area contributed by atoms with E-state index in [0.29, 0.717) is 12.8 Å². The zero-order valence-corrected chi connectivity index (χ0v) is 12.1. The van der Waals surface area contributed by atoms with Crippen molar-refractivity contribution in [3.63, 3.8) is 0 Å². The highest BCUT2D eigenvalue weighted by Gasteiger charge is 2.34. The van der Waals surface area contributed by atoms with Crippen molar-refractivity contribution in [3.8, 4) is 0 Å². The Kier molecular flexibility index (Phi) is 6.74. The molecule has 0 aliphatic carbocycles. The third kappa shape index (κ3) is 5.29. The van der Waals surface area contributed by atoms with E-state index >= 15 is 0 Å². The van der Waals surface area contributed by atoms with Gasteiger partial charge in [0.05, 0.1) is 0 Å². The van der Waals surface area contributed by atoms with E-state index in [4.69, 9.17) is 0 Å². The van der Waals surface area contributed by atoms with Crippen LogP contribution >= 0.6 is 0 Å². The summed E-state index contributed by atoms with van der Waals surface area (Å²) >= 11 is 0. The number of hydrogen-bond acceptors (Lipinski definition) is 6. The minimum absolute atomic E-state index is 0.00224. The van der Waals surface area contributed by atoms with E-state index in [2.05, 4.69) is 4.18 Å². The molecule has 2 N–H and O–H groups in total. The summed E-state index contributed by atoms with van der Waals surface area (Å²) < 4.78 is 53.2. The van der Waals surface area contributed by atoms with Crippen LogP contribution in [0.15, 0.2) is 0 Å². The van der Waals surface area contributed by atoms with Crippen molar-refractivity contribution in [1.82, 2.24) is 9.44 Å². The first kappa shape index (κ1) is 17.3. The Labute approximate surface area is 107 Å². The molecule has 0 amide bonds. The Morgan fingerprint density at radius 2 is 1.72 bits per heavy atom. The monoisotopic (exact) mass is 302 g/mol. The number of carbonyl (C=O) groups excluding carboxylic acids is 1. The second kappa shape index (κ2) is 7.02. The molecule has 0 fully saturated rings. The van der Waals surface area contributed by atoms with Crippen LogP contribution < -0.4 is 9.44 Å². The zero-order chi connectivity index (χ0) is 14.4. The summed E-state index contributed by atoms with van der Waals surface area (Å²) in [5.74, 6) is -1.31. The lowest BCUT2D eigenvalue weighted by Gasteiger charge is -2.14. The lowest BCUT2D eigenvalue weighted by atomic mass is 10.2. The molecule has 0 spiro atoms. The van der Waals surface area contributed by atoms with Gasteiger partial charge in [0, 0.05) is 7.05 Å². The van der Waals surface area contributed by atoms with Crippen LogP contribution in [0.4, 0.5) is 0 Å². The van der Waals surface area contributed by atoms with Crippen LogP contribution in [-0.4, -0.2) is 42.2 Å². The fourth-order valence-corrected chi connectivity index (χ4v) is 2.67. The number of hydrogen-bond donors (Lipinski definition) is 2. The van der Waals surface area contributed by atoms with E-state index in [1.165, 1.54) is 0 Å². The van der Waals surface area contributed by atoms with Gasteiger partial charge in [-0.3, -0.25) is 0 Å². The van der Waals surface area contributed by atoms with Gasteiger partial charge in [0.15, 0.2) is 5.25 Å². The summed E-state index contributed by atoms with van der Waals surface area (Å²) in [6, 6.07) is 0. The Morgan fingerprint density at radius 1 is 1.17 bits per heavy atom. The average molecular weight is 302 g/mol. The van der Waals surface area contributed by atoms with Crippen LogP contribution in [0.5, 0.6) is 0 Å². The van der Waals surface area contributed by atoms with Gasteiger partial charge < -0.3 is 4.18 Å². The van der Waals surface area contributed by atoms with E-state index in [0.717, 1.165) is 14.1 Å². The summed E-state index contributed by atoms with van der Waals surface area (Å²) in [4.78, 5) is 11.6. The van der Waals surface area contributed by atoms with Crippen molar-refractivity contribution in [2.24, 2.45) is 0 Å². The van der Waals surface area contributed by atoms with E-state index < -0.39 is 31.5 Å². The van der Waals surface area contributed by atoms with Gasteiger partial charge in [-0.1, -0.05) is 19.8 Å². The van der Waals surface area contributed by atoms with Crippen LogP contribution in [0.1, 0.15) is 26.2 Å². The number of unbranched alkanes of at least 4 members (excludes halogenated alkanes) is 1. The lowest BCUT2D eigenvalue weighted by molar-refractivity contribution is -0.133. The maximum atomic E-state index is 11.6. The molecular weight excluding hydrogens is 284 g/mol. The second-order valence-corrected chi connectivity index (χ2v) is 6.99. The van der Waals surface area contributed by atoms with Crippen molar-refractivity contribution in [2.45, 2.75) is 31.4 Å². The van der Waals surface area contributed by atoms with Gasteiger partial charge in [0.2, 0.25) is 10.0 Å². The van der Waals surface area contributed by atoms with Crippen LogP contribution in [0.2, 0.25) is 0 Å². The molecular formula is C8H18N2O6S2. The first-order valence-corrected chi connectivity index (χ1v) is 8.24. The largest absolute Gasteiger partial charge is 0.384 e. The molecule has 0 aliphatic rings. The van der Waals surface area contributed by atoms with E-state index in [-0.39, 0.29) is 6.42 Å².